The van der Waals surface area contributed by atoms with E-state index in [1.54, 1.807) is 0 Å². The molecule has 2 N–H and O–H groups in total. The van der Waals surface area contributed by atoms with Crippen molar-refractivity contribution < 1.29 is 9.47 Å². The first-order valence-corrected chi connectivity index (χ1v) is 9.90. The molecule has 0 bridgehead atoms. The van der Waals surface area contributed by atoms with Gasteiger partial charge < -0.3 is 20.1 Å². The maximum Gasteiger partial charge on any atom is 0.166 e. The molecule has 4 nitrogen and oxygen atoms in total. The normalized spacial score (nSPS) is 15.7. The van der Waals surface area contributed by atoms with E-state index in [4.69, 9.17) is 21.7 Å². The Morgan fingerprint density at radius 3 is 3.00 bits per heavy atom. The summed E-state index contributed by atoms with van der Waals surface area (Å²) < 4.78 is 11.6. The summed E-state index contributed by atoms with van der Waals surface area (Å²) in [6.45, 7) is 6.28. The van der Waals surface area contributed by atoms with Gasteiger partial charge in [0.2, 0.25) is 0 Å². The molecule has 1 atom stereocenters. The van der Waals surface area contributed by atoms with Crippen LogP contribution in [0.2, 0.25) is 0 Å². The molecule has 2 rings (SSSR count). The van der Waals surface area contributed by atoms with Crippen LogP contribution in [0.4, 0.5) is 0 Å². The van der Waals surface area contributed by atoms with Gasteiger partial charge in [-0.1, -0.05) is 0 Å². The Hall–Kier alpha value is -1.14. The minimum Gasteiger partial charge on any atom is -0.494 e. The number of hydrogen-bond acceptors (Lipinski definition) is 4. The summed E-state index contributed by atoms with van der Waals surface area (Å²) in [4.78, 5) is 0. The number of rotatable bonds is 8. The van der Waals surface area contributed by atoms with E-state index in [-0.39, 0.29) is 6.10 Å². The lowest BCUT2D eigenvalue weighted by molar-refractivity contribution is 0.254. The van der Waals surface area contributed by atoms with Crippen LogP contribution in [0.5, 0.6) is 11.5 Å². The van der Waals surface area contributed by atoms with E-state index in [2.05, 4.69) is 35.9 Å². The maximum atomic E-state index is 5.85. The van der Waals surface area contributed by atoms with E-state index >= 15 is 0 Å². The van der Waals surface area contributed by atoms with E-state index < -0.39 is 0 Å². The van der Waals surface area contributed by atoms with E-state index in [1.807, 2.05) is 18.7 Å². The molecule has 0 saturated heterocycles. The zero-order valence-corrected chi connectivity index (χ0v) is 15.7. The van der Waals surface area contributed by atoms with Gasteiger partial charge in [0.25, 0.3) is 0 Å². The first kappa shape index (κ1) is 18.2. The second-order valence-corrected chi connectivity index (χ2v) is 6.98. The van der Waals surface area contributed by atoms with Crippen molar-refractivity contribution in [3.8, 4) is 11.5 Å². The predicted molar refractivity (Wildman–Crippen MR) is 102 cm³/mol. The SMILES string of the molecule is CCOc1cc2c(cc1CNC(=S)NCCCSC)O[C@H](C)C2. The van der Waals surface area contributed by atoms with Crippen molar-refractivity contribution in [1.82, 2.24) is 10.6 Å². The largest absolute Gasteiger partial charge is 0.494 e. The molecule has 0 aliphatic carbocycles. The molecule has 1 heterocycles. The predicted octanol–water partition coefficient (Wildman–Crippen LogP) is 3.13. The number of hydrogen-bond donors (Lipinski definition) is 2. The van der Waals surface area contributed by atoms with Crippen LogP contribution >= 0.6 is 24.0 Å². The Balaban J connectivity index is 1.93. The molecule has 23 heavy (non-hydrogen) atoms. The van der Waals surface area contributed by atoms with Gasteiger partial charge in [0.1, 0.15) is 17.6 Å². The van der Waals surface area contributed by atoms with Crippen molar-refractivity contribution in [3.63, 3.8) is 0 Å². The third kappa shape index (κ3) is 5.46. The molecule has 1 aromatic carbocycles. The van der Waals surface area contributed by atoms with Crippen LogP contribution in [0.25, 0.3) is 0 Å². The van der Waals surface area contributed by atoms with Crippen LogP contribution in [0.3, 0.4) is 0 Å². The minimum atomic E-state index is 0.238. The molecule has 128 valence electrons. The zero-order chi connectivity index (χ0) is 16.7. The third-order valence-corrected chi connectivity index (χ3v) is 4.61. The Bertz CT molecular complexity index is 538. The summed E-state index contributed by atoms with van der Waals surface area (Å²) in [5.41, 5.74) is 2.30. The standard InChI is InChI=1S/C17H26N2O2S2/c1-4-20-15-9-13-8-12(2)21-16(13)10-14(15)11-19-17(22)18-6-5-7-23-3/h9-10,12H,4-8,11H2,1-3H3,(H2,18,19,22)/t12-/m1/s1. The fourth-order valence-electron chi connectivity index (χ4n) is 2.57. The summed E-state index contributed by atoms with van der Waals surface area (Å²) in [7, 11) is 0. The van der Waals surface area contributed by atoms with Crippen molar-refractivity contribution in [2.75, 3.05) is 25.2 Å². The maximum absolute atomic E-state index is 5.85. The highest BCUT2D eigenvalue weighted by Gasteiger charge is 2.21. The average Bonchev–Trinajstić information content (AvgIpc) is 2.88. The second kappa shape index (κ2) is 9.23. The lowest BCUT2D eigenvalue weighted by Crippen LogP contribution is -2.35. The molecule has 0 aromatic heterocycles. The lowest BCUT2D eigenvalue weighted by Gasteiger charge is -2.15. The highest BCUT2D eigenvalue weighted by atomic mass is 32.2. The molecule has 0 radical (unpaired) electrons. The summed E-state index contributed by atoms with van der Waals surface area (Å²) in [6, 6.07) is 4.18. The number of ether oxygens (including phenoxy) is 2. The smallest absolute Gasteiger partial charge is 0.166 e. The molecule has 1 aliphatic heterocycles. The molecule has 1 aliphatic rings. The molecular weight excluding hydrogens is 328 g/mol. The van der Waals surface area contributed by atoms with Gasteiger partial charge in [0.05, 0.1) is 6.61 Å². The van der Waals surface area contributed by atoms with Crippen molar-refractivity contribution in [3.05, 3.63) is 23.3 Å². The average molecular weight is 355 g/mol. The minimum absolute atomic E-state index is 0.238. The molecule has 0 spiro atoms. The number of thiocarbonyl (C=S) groups is 1. The monoisotopic (exact) mass is 354 g/mol. The Morgan fingerprint density at radius 2 is 2.26 bits per heavy atom. The van der Waals surface area contributed by atoms with E-state index in [0.717, 1.165) is 42.2 Å². The van der Waals surface area contributed by atoms with Gasteiger partial charge >= 0.3 is 0 Å². The quantitative estimate of drug-likeness (QED) is 0.552. The van der Waals surface area contributed by atoms with Gasteiger partial charge in [-0.25, -0.2) is 0 Å². The highest BCUT2D eigenvalue weighted by molar-refractivity contribution is 7.98. The van der Waals surface area contributed by atoms with Gasteiger partial charge in [0.15, 0.2) is 5.11 Å². The van der Waals surface area contributed by atoms with Gasteiger partial charge in [-0.2, -0.15) is 11.8 Å². The van der Waals surface area contributed by atoms with Crippen LogP contribution in [-0.4, -0.2) is 36.4 Å². The van der Waals surface area contributed by atoms with Crippen molar-refractivity contribution in [2.24, 2.45) is 0 Å². The molecule has 0 saturated carbocycles. The number of benzene rings is 1. The van der Waals surface area contributed by atoms with E-state index in [0.29, 0.717) is 18.3 Å². The fourth-order valence-corrected chi connectivity index (χ4v) is 3.17. The molecule has 1 aromatic rings. The van der Waals surface area contributed by atoms with Crippen molar-refractivity contribution >= 4 is 29.1 Å². The van der Waals surface area contributed by atoms with Crippen LogP contribution in [0, 0.1) is 0 Å². The Labute approximate surface area is 148 Å². The molecule has 6 heteroatoms. The molecular formula is C17H26N2O2S2. The molecule has 0 amide bonds. The van der Waals surface area contributed by atoms with Crippen LogP contribution < -0.4 is 20.1 Å². The second-order valence-electron chi connectivity index (χ2n) is 5.59. The van der Waals surface area contributed by atoms with Crippen LogP contribution in [0.1, 0.15) is 31.4 Å². The van der Waals surface area contributed by atoms with Gasteiger partial charge in [0, 0.05) is 30.6 Å². The summed E-state index contributed by atoms with van der Waals surface area (Å²) >= 11 is 7.18. The van der Waals surface area contributed by atoms with Crippen molar-refractivity contribution in [1.29, 1.82) is 0 Å². The third-order valence-electron chi connectivity index (χ3n) is 3.63. The van der Waals surface area contributed by atoms with Crippen molar-refractivity contribution in [2.45, 2.75) is 39.3 Å². The van der Waals surface area contributed by atoms with Gasteiger partial charge in [-0.3, -0.25) is 0 Å². The first-order chi connectivity index (χ1) is 11.1. The van der Waals surface area contributed by atoms with Gasteiger partial charge in [-0.15, -0.1) is 0 Å². The Morgan fingerprint density at radius 1 is 1.43 bits per heavy atom. The number of thioether (sulfide) groups is 1. The van der Waals surface area contributed by atoms with E-state index in [9.17, 15) is 0 Å². The molecule has 0 fully saturated rings. The zero-order valence-electron chi connectivity index (χ0n) is 14.1. The summed E-state index contributed by atoms with van der Waals surface area (Å²) in [6.07, 6.45) is 4.40. The fraction of sp³-hybridized carbons (Fsp3) is 0.588. The van der Waals surface area contributed by atoms with E-state index in [1.165, 1.54) is 5.56 Å². The van der Waals surface area contributed by atoms with Crippen LogP contribution in [-0.2, 0) is 13.0 Å². The lowest BCUT2D eigenvalue weighted by atomic mass is 10.1. The topological polar surface area (TPSA) is 42.5 Å². The first-order valence-electron chi connectivity index (χ1n) is 8.10. The van der Waals surface area contributed by atoms with Crippen LogP contribution in [0.15, 0.2) is 12.1 Å². The highest BCUT2D eigenvalue weighted by Crippen LogP contribution is 2.35. The molecule has 0 unspecified atom stereocenters. The van der Waals surface area contributed by atoms with Gasteiger partial charge in [-0.05, 0) is 56.6 Å². The number of fused-ring (bicyclic) bond motifs is 1. The number of nitrogens with one attached hydrogen (secondary N) is 2. The summed E-state index contributed by atoms with van der Waals surface area (Å²) in [5, 5.41) is 7.17. The summed E-state index contributed by atoms with van der Waals surface area (Å²) in [5.74, 6) is 3.03. The Kier molecular flexibility index (Phi) is 7.30.